The van der Waals surface area contributed by atoms with Crippen LogP contribution in [0.4, 0.5) is 0 Å². The van der Waals surface area contributed by atoms with Gasteiger partial charge in [0.1, 0.15) is 0 Å². The maximum absolute atomic E-state index is 6.21. The van der Waals surface area contributed by atoms with E-state index in [2.05, 4.69) is 66.8 Å². The Balaban J connectivity index is 2.84. The van der Waals surface area contributed by atoms with Crippen LogP contribution in [0.5, 0.6) is 0 Å². The Hall–Kier alpha value is 0.157. The normalized spacial score (nSPS) is 12.4. The van der Waals surface area contributed by atoms with Crippen LogP contribution in [0.3, 0.4) is 0 Å². The lowest BCUT2D eigenvalue weighted by Crippen LogP contribution is -2.31. The van der Waals surface area contributed by atoms with E-state index in [1.807, 2.05) is 6.07 Å². The molecule has 2 nitrogen and oxygen atoms in total. The molecule has 0 bridgehead atoms. The number of aromatic nitrogens is 2. The topological polar surface area (TPSA) is 17.8 Å². The Labute approximate surface area is 117 Å². The molecule has 0 N–H and O–H groups in total. The summed E-state index contributed by atoms with van der Waals surface area (Å²) in [4.78, 5) is 4.39. The molecular weight excluding hydrogens is 371 g/mol. The van der Waals surface area contributed by atoms with Gasteiger partial charge in [0.15, 0.2) is 13.5 Å². The number of benzene rings is 1. The molecule has 0 saturated carbocycles. The largest absolute Gasteiger partial charge is 0.343 e. The summed E-state index contributed by atoms with van der Waals surface area (Å²) in [6, 6.07) is 4.05. The van der Waals surface area contributed by atoms with Gasteiger partial charge in [0, 0.05) is 8.95 Å². The van der Waals surface area contributed by atoms with Gasteiger partial charge in [0.2, 0.25) is 0 Å². The van der Waals surface area contributed by atoms with Gasteiger partial charge in [-0.25, -0.2) is 4.98 Å². The van der Waals surface area contributed by atoms with E-state index in [1.165, 1.54) is 0 Å². The van der Waals surface area contributed by atoms with E-state index in [1.54, 1.807) is 0 Å². The summed E-state index contributed by atoms with van der Waals surface area (Å²) in [5.41, 5.74) is 2.03. The number of nitrogens with zero attached hydrogens (tertiary/aromatic N) is 2. The minimum Gasteiger partial charge on any atom is -0.343 e. The fourth-order valence-electron chi connectivity index (χ4n) is 1.68. The number of halogens is 3. The molecule has 0 fully saturated rings. The summed E-state index contributed by atoms with van der Waals surface area (Å²) in [7, 11) is -1.54. The Morgan fingerprint density at radius 3 is 2.31 bits per heavy atom. The van der Waals surface area contributed by atoms with Crippen LogP contribution in [0.15, 0.2) is 21.1 Å². The van der Waals surface area contributed by atoms with Gasteiger partial charge < -0.3 is 4.23 Å². The van der Waals surface area contributed by atoms with Crippen LogP contribution < -0.4 is 0 Å². The van der Waals surface area contributed by atoms with Crippen molar-refractivity contribution >= 4 is 62.7 Å². The molecule has 86 valence electrons. The van der Waals surface area contributed by atoms with Gasteiger partial charge in [-0.15, -0.1) is 0 Å². The molecule has 0 atom stereocenters. The standard InChI is InChI=1S/C10H11Br2ClN2Si/c1-16(2,3)15-9-5-7(12)6(11)4-8(9)14-10(15)13/h4-5H,1-3H3. The summed E-state index contributed by atoms with van der Waals surface area (Å²) >= 11 is 13.2. The number of rotatable bonds is 1. The molecule has 0 aliphatic rings. The average Bonchev–Trinajstić information content (AvgIpc) is 2.40. The van der Waals surface area contributed by atoms with Gasteiger partial charge in [-0.05, 0) is 55.6 Å². The highest BCUT2D eigenvalue weighted by Gasteiger charge is 2.23. The highest BCUT2D eigenvalue weighted by atomic mass is 79.9. The van der Waals surface area contributed by atoms with Gasteiger partial charge in [-0.2, -0.15) is 0 Å². The monoisotopic (exact) mass is 380 g/mol. The van der Waals surface area contributed by atoms with Crippen molar-refractivity contribution in [2.24, 2.45) is 0 Å². The maximum atomic E-state index is 6.21. The number of imidazole rings is 1. The van der Waals surface area contributed by atoms with E-state index in [0.29, 0.717) is 5.28 Å². The molecule has 2 rings (SSSR count). The van der Waals surface area contributed by atoms with Crippen molar-refractivity contribution in [3.8, 4) is 0 Å². The first kappa shape index (κ1) is 12.6. The van der Waals surface area contributed by atoms with E-state index in [-0.39, 0.29) is 0 Å². The second kappa shape index (κ2) is 4.12. The molecule has 1 aromatic heterocycles. The Morgan fingerprint density at radius 2 is 1.75 bits per heavy atom. The Bertz CT molecular complexity index is 560. The van der Waals surface area contributed by atoms with Crippen molar-refractivity contribution in [3.63, 3.8) is 0 Å². The Morgan fingerprint density at radius 1 is 1.19 bits per heavy atom. The van der Waals surface area contributed by atoms with Crippen LogP contribution in [0.1, 0.15) is 0 Å². The number of fused-ring (bicyclic) bond motifs is 1. The lowest BCUT2D eigenvalue weighted by atomic mass is 10.3. The van der Waals surface area contributed by atoms with Crippen molar-refractivity contribution in [1.29, 1.82) is 0 Å². The molecular formula is C10H11Br2ClN2Si. The second-order valence-corrected chi connectivity index (χ2v) is 11.5. The van der Waals surface area contributed by atoms with Crippen molar-refractivity contribution < 1.29 is 0 Å². The van der Waals surface area contributed by atoms with E-state index >= 15 is 0 Å². The van der Waals surface area contributed by atoms with Gasteiger partial charge in [-0.3, -0.25) is 0 Å². The predicted molar refractivity (Wildman–Crippen MR) is 78.9 cm³/mol. The molecule has 2 aromatic rings. The SMILES string of the molecule is C[Si](C)(C)n1c(Cl)nc2cc(Br)c(Br)cc21. The minimum atomic E-state index is -1.54. The molecule has 0 aliphatic heterocycles. The third-order valence-corrected chi connectivity index (χ3v) is 6.36. The zero-order chi connectivity index (χ0) is 12.1. The first-order chi connectivity index (χ1) is 7.30. The molecule has 0 spiro atoms. The highest BCUT2D eigenvalue weighted by molar-refractivity contribution is 9.13. The summed E-state index contributed by atoms with van der Waals surface area (Å²) < 4.78 is 4.19. The van der Waals surface area contributed by atoms with Crippen molar-refractivity contribution in [2.75, 3.05) is 0 Å². The lowest BCUT2D eigenvalue weighted by Gasteiger charge is -2.20. The van der Waals surface area contributed by atoms with E-state index < -0.39 is 8.24 Å². The van der Waals surface area contributed by atoms with Gasteiger partial charge in [-0.1, -0.05) is 19.6 Å². The zero-order valence-corrected chi connectivity index (χ0v) is 14.1. The summed E-state index contributed by atoms with van der Waals surface area (Å²) in [6.07, 6.45) is 0. The molecule has 0 amide bonds. The first-order valence-corrected chi connectivity index (χ1v) is 10.3. The Kier molecular flexibility index (Phi) is 3.25. The number of hydrogen-bond acceptors (Lipinski definition) is 1. The smallest absolute Gasteiger partial charge is 0.195 e. The van der Waals surface area contributed by atoms with E-state index in [9.17, 15) is 0 Å². The third-order valence-electron chi connectivity index (χ3n) is 2.33. The van der Waals surface area contributed by atoms with Gasteiger partial charge >= 0.3 is 0 Å². The molecule has 1 aromatic carbocycles. The van der Waals surface area contributed by atoms with Crippen LogP contribution in [0.2, 0.25) is 24.9 Å². The van der Waals surface area contributed by atoms with Crippen molar-refractivity contribution in [2.45, 2.75) is 19.6 Å². The summed E-state index contributed by atoms with van der Waals surface area (Å²) in [5, 5.41) is 0.583. The highest BCUT2D eigenvalue weighted by Crippen LogP contribution is 2.31. The van der Waals surface area contributed by atoms with Gasteiger partial charge in [0.25, 0.3) is 0 Å². The third kappa shape index (κ3) is 2.10. The van der Waals surface area contributed by atoms with Crippen LogP contribution in [0, 0.1) is 0 Å². The molecule has 0 unspecified atom stereocenters. The van der Waals surface area contributed by atoms with Crippen LogP contribution in [-0.4, -0.2) is 17.5 Å². The van der Waals surface area contributed by atoms with Crippen molar-refractivity contribution in [1.82, 2.24) is 9.22 Å². The molecule has 16 heavy (non-hydrogen) atoms. The quantitative estimate of drug-likeness (QED) is 0.642. The molecule has 1 heterocycles. The molecule has 6 heteroatoms. The van der Waals surface area contributed by atoms with Crippen LogP contribution >= 0.6 is 43.5 Å². The fraction of sp³-hybridized carbons (Fsp3) is 0.300. The summed E-state index contributed by atoms with van der Waals surface area (Å²) in [6.45, 7) is 6.74. The van der Waals surface area contributed by atoms with Crippen molar-refractivity contribution in [3.05, 3.63) is 26.4 Å². The van der Waals surface area contributed by atoms with Crippen LogP contribution in [-0.2, 0) is 0 Å². The maximum Gasteiger partial charge on any atom is 0.195 e. The van der Waals surface area contributed by atoms with E-state index in [0.717, 1.165) is 20.0 Å². The fourth-order valence-corrected chi connectivity index (χ4v) is 4.79. The number of hydrogen-bond donors (Lipinski definition) is 0. The predicted octanol–water partition coefficient (Wildman–Crippen LogP) is 4.90. The lowest BCUT2D eigenvalue weighted by molar-refractivity contribution is 1.16. The molecule has 0 aliphatic carbocycles. The van der Waals surface area contributed by atoms with E-state index in [4.69, 9.17) is 11.6 Å². The zero-order valence-electron chi connectivity index (χ0n) is 9.18. The molecule has 0 saturated heterocycles. The average molecular weight is 383 g/mol. The second-order valence-electron chi connectivity index (χ2n) is 4.64. The van der Waals surface area contributed by atoms with Gasteiger partial charge in [0.05, 0.1) is 11.0 Å². The van der Waals surface area contributed by atoms with Crippen LogP contribution in [0.25, 0.3) is 11.0 Å². The first-order valence-electron chi connectivity index (χ1n) is 4.84. The summed E-state index contributed by atoms with van der Waals surface area (Å²) in [5.74, 6) is 0. The minimum absolute atomic E-state index is 0.583. The molecule has 0 radical (unpaired) electrons.